The number of nitrogens with zero attached hydrogens (tertiary/aromatic N) is 2. The Morgan fingerprint density at radius 3 is 2.24 bits per heavy atom. The van der Waals surface area contributed by atoms with Crippen LogP contribution in [0.15, 0.2) is 40.9 Å². The first-order chi connectivity index (χ1) is 9.88. The molecule has 9 heteroatoms. The highest BCUT2D eigenvalue weighted by molar-refractivity contribution is 9.10. The minimum absolute atomic E-state index is 0.00752. The third-order valence-corrected chi connectivity index (χ3v) is 3.26. The molecule has 0 amide bonds. The maximum Gasteiger partial charge on any atom is 0.312 e. The van der Waals surface area contributed by atoms with Crippen LogP contribution < -0.4 is 4.74 Å². The van der Waals surface area contributed by atoms with Crippen LogP contribution in [0.2, 0.25) is 5.02 Å². The molecule has 0 aliphatic rings. The summed E-state index contributed by atoms with van der Waals surface area (Å²) in [7, 11) is 0. The second kappa shape index (κ2) is 6.06. The Bertz CT molecular complexity index is 738. The number of rotatable bonds is 4. The van der Waals surface area contributed by atoms with Crippen molar-refractivity contribution >= 4 is 38.9 Å². The van der Waals surface area contributed by atoms with E-state index in [4.69, 9.17) is 16.3 Å². The van der Waals surface area contributed by atoms with Crippen molar-refractivity contribution in [1.29, 1.82) is 0 Å². The highest BCUT2D eigenvalue weighted by Gasteiger charge is 2.18. The van der Waals surface area contributed by atoms with Crippen molar-refractivity contribution in [1.82, 2.24) is 0 Å². The maximum absolute atomic E-state index is 11.0. The number of benzene rings is 2. The van der Waals surface area contributed by atoms with Crippen molar-refractivity contribution in [2.45, 2.75) is 0 Å². The predicted molar refractivity (Wildman–Crippen MR) is 79.0 cm³/mol. The molecule has 0 unspecified atom stereocenters. The second-order valence-electron chi connectivity index (χ2n) is 3.84. The van der Waals surface area contributed by atoms with Gasteiger partial charge in [0.2, 0.25) is 5.75 Å². The van der Waals surface area contributed by atoms with E-state index in [0.717, 1.165) is 0 Å². The molecule has 0 saturated heterocycles. The highest BCUT2D eigenvalue weighted by atomic mass is 79.9. The van der Waals surface area contributed by atoms with Crippen LogP contribution >= 0.6 is 27.5 Å². The van der Waals surface area contributed by atoms with Crippen molar-refractivity contribution in [2.24, 2.45) is 0 Å². The molecule has 0 N–H and O–H groups in total. The van der Waals surface area contributed by atoms with Gasteiger partial charge < -0.3 is 4.74 Å². The number of halogens is 2. The van der Waals surface area contributed by atoms with Gasteiger partial charge in [0.15, 0.2) is 0 Å². The molecule has 2 rings (SSSR count). The number of hydrogen-bond acceptors (Lipinski definition) is 5. The Hall–Kier alpha value is -2.19. The smallest absolute Gasteiger partial charge is 0.312 e. The Balaban J connectivity index is 2.37. The van der Waals surface area contributed by atoms with Gasteiger partial charge in [0, 0.05) is 22.7 Å². The summed E-state index contributed by atoms with van der Waals surface area (Å²) < 4.78 is 5.90. The third-order valence-electron chi connectivity index (χ3n) is 2.46. The summed E-state index contributed by atoms with van der Waals surface area (Å²) in [5.41, 5.74) is -0.506. The molecule has 21 heavy (non-hydrogen) atoms. The van der Waals surface area contributed by atoms with Gasteiger partial charge in [0.05, 0.1) is 9.85 Å². The lowest BCUT2D eigenvalue weighted by Gasteiger charge is -2.07. The fourth-order valence-corrected chi connectivity index (χ4v) is 2.13. The fourth-order valence-electron chi connectivity index (χ4n) is 1.55. The summed E-state index contributed by atoms with van der Waals surface area (Å²) >= 11 is 8.89. The van der Waals surface area contributed by atoms with Crippen molar-refractivity contribution in [3.63, 3.8) is 0 Å². The van der Waals surface area contributed by atoms with E-state index in [1.165, 1.54) is 30.3 Å². The summed E-state index contributed by atoms with van der Waals surface area (Å²) in [5, 5.41) is 21.5. The topological polar surface area (TPSA) is 95.5 Å². The molecule has 0 heterocycles. The Morgan fingerprint density at radius 2 is 1.67 bits per heavy atom. The van der Waals surface area contributed by atoms with Gasteiger partial charge >= 0.3 is 5.69 Å². The van der Waals surface area contributed by atoms with Crippen molar-refractivity contribution in [2.75, 3.05) is 0 Å². The normalized spacial score (nSPS) is 10.2. The van der Waals surface area contributed by atoms with E-state index in [0.29, 0.717) is 4.47 Å². The minimum atomic E-state index is -0.631. The Labute approximate surface area is 131 Å². The second-order valence-corrected chi connectivity index (χ2v) is 5.16. The lowest BCUT2D eigenvalue weighted by Crippen LogP contribution is -1.94. The predicted octanol–water partition coefficient (Wildman–Crippen LogP) is 4.71. The molecule has 0 aromatic heterocycles. The standard InChI is InChI=1S/C12H6BrClN2O5/c13-7-1-4-12(11(5-7)16(19)20)21-8-2-3-10(15(17)18)9(14)6-8/h1-6H. The van der Waals surface area contributed by atoms with Gasteiger partial charge in [-0.1, -0.05) is 27.5 Å². The molecular weight excluding hydrogens is 367 g/mol. The molecule has 0 atom stereocenters. The summed E-state index contributed by atoms with van der Waals surface area (Å²) in [6, 6.07) is 8.00. The van der Waals surface area contributed by atoms with Gasteiger partial charge in [-0.15, -0.1) is 0 Å². The van der Waals surface area contributed by atoms with Crippen LogP contribution in [0.1, 0.15) is 0 Å². The number of nitro benzene ring substituents is 2. The molecule has 0 aliphatic heterocycles. The van der Waals surface area contributed by atoms with Crippen LogP contribution in [0.5, 0.6) is 11.5 Å². The first kappa shape index (κ1) is 15.2. The van der Waals surface area contributed by atoms with E-state index >= 15 is 0 Å². The first-order valence-electron chi connectivity index (χ1n) is 5.44. The van der Waals surface area contributed by atoms with Crippen LogP contribution in [0, 0.1) is 20.2 Å². The number of hydrogen-bond donors (Lipinski definition) is 0. The van der Waals surface area contributed by atoms with Gasteiger partial charge in [0.25, 0.3) is 5.69 Å². The monoisotopic (exact) mass is 372 g/mol. The Morgan fingerprint density at radius 1 is 1.00 bits per heavy atom. The van der Waals surface area contributed by atoms with E-state index in [9.17, 15) is 20.2 Å². The fraction of sp³-hybridized carbons (Fsp3) is 0. The zero-order valence-electron chi connectivity index (χ0n) is 10.2. The SMILES string of the molecule is O=[N+]([O-])c1ccc(Oc2ccc(Br)cc2[N+](=O)[O-])cc1Cl. The largest absolute Gasteiger partial charge is 0.450 e. The molecule has 2 aromatic rings. The summed E-state index contributed by atoms with van der Waals surface area (Å²) in [6.07, 6.45) is 0. The van der Waals surface area contributed by atoms with Crippen LogP contribution in [0.25, 0.3) is 0 Å². The molecule has 0 aliphatic carbocycles. The molecular formula is C12H6BrClN2O5. The molecule has 2 aromatic carbocycles. The third kappa shape index (κ3) is 3.47. The molecule has 0 bridgehead atoms. The van der Waals surface area contributed by atoms with Crippen LogP contribution in [0.4, 0.5) is 11.4 Å². The highest BCUT2D eigenvalue weighted by Crippen LogP contribution is 2.36. The number of nitro groups is 2. The maximum atomic E-state index is 11.0. The lowest BCUT2D eigenvalue weighted by molar-refractivity contribution is -0.385. The molecule has 0 fully saturated rings. The zero-order chi connectivity index (χ0) is 15.6. The molecule has 0 spiro atoms. The van der Waals surface area contributed by atoms with Crippen molar-refractivity contribution in [3.8, 4) is 11.5 Å². The van der Waals surface area contributed by atoms with Crippen molar-refractivity contribution < 1.29 is 14.6 Å². The van der Waals surface area contributed by atoms with Gasteiger partial charge in [-0.05, 0) is 18.2 Å². The van der Waals surface area contributed by atoms with Crippen molar-refractivity contribution in [3.05, 3.63) is 66.1 Å². The van der Waals surface area contributed by atoms with E-state index in [-0.39, 0.29) is 27.9 Å². The van der Waals surface area contributed by atoms with E-state index in [1.54, 1.807) is 6.07 Å². The lowest BCUT2D eigenvalue weighted by atomic mass is 10.3. The van der Waals surface area contributed by atoms with E-state index in [1.807, 2.05) is 0 Å². The first-order valence-corrected chi connectivity index (χ1v) is 6.61. The van der Waals surface area contributed by atoms with Gasteiger partial charge in [-0.2, -0.15) is 0 Å². The van der Waals surface area contributed by atoms with Crippen LogP contribution in [0.3, 0.4) is 0 Å². The van der Waals surface area contributed by atoms with E-state index in [2.05, 4.69) is 15.9 Å². The molecule has 108 valence electrons. The van der Waals surface area contributed by atoms with Gasteiger partial charge in [-0.3, -0.25) is 20.2 Å². The minimum Gasteiger partial charge on any atom is -0.450 e. The Kier molecular flexibility index (Phi) is 4.39. The number of ether oxygens (including phenoxy) is 1. The van der Waals surface area contributed by atoms with Crippen LogP contribution in [-0.2, 0) is 0 Å². The zero-order valence-corrected chi connectivity index (χ0v) is 12.5. The van der Waals surface area contributed by atoms with Crippen LogP contribution in [-0.4, -0.2) is 9.85 Å². The van der Waals surface area contributed by atoms with Gasteiger partial charge in [-0.25, -0.2) is 0 Å². The summed E-state index contributed by atoms with van der Waals surface area (Å²) in [5.74, 6) is 0.171. The molecule has 0 saturated carbocycles. The molecule has 0 radical (unpaired) electrons. The quantitative estimate of drug-likeness (QED) is 0.571. The summed E-state index contributed by atoms with van der Waals surface area (Å²) in [4.78, 5) is 20.4. The van der Waals surface area contributed by atoms with E-state index < -0.39 is 9.85 Å². The van der Waals surface area contributed by atoms with Gasteiger partial charge in [0.1, 0.15) is 10.8 Å². The summed E-state index contributed by atoms with van der Waals surface area (Å²) in [6.45, 7) is 0. The molecule has 7 nitrogen and oxygen atoms in total. The average Bonchev–Trinajstić information content (AvgIpc) is 2.40. The average molecular weight is 374 g/mol.